The molecule has 12 aromatic rings. The molecule has 0 amide bonds. The Balaban J connectivity index is 1.19. The summed E-state index contributed by atoms with van der Waals surface area (Å²) in [6, 6.07) is 86.1. The molecule has 13 rings (SSSR count). The molecular formula is C66H45N7. The van der Waals surface area contributed by atoms with Crippen LogP contribution in [0.15, 0.2) is 249 Å². The quantitative estimate of drug-likeness (QED) is 0.136. The topological polar surface area (TPSA) is 82.3 Å². The van der Waals surface area contributed by atoms with E-state index in [1.54, 1.807) is 0 Å². The predicted molar refractivity (Wildman–Crippen MR) is 294 cm³/mol. The van der Waals surface area contributed by atoms with E-state index in [0.717, 1.165) is 89.1 Å². The van der Waals surface area contributed by atoms with Gasteiger partial charge in [-0.2, -0.15) is 0 Å². The van der Waals surface area contributed by atoms with Gasteiger partial charge in [0.05, 0.1) is 11.2 Å². The first-order valence-corrected chi connectivity index (χ1v) is 24.5. The minimum absolute atomic E-state index is 0.486. The molecule has 0 fully saturated rings. The van der Waals surface area contributed by atoms with Gasteiger partial charge in [-0.3, -0.25) is 0 Å². The first-order chi connectivity index (χ1) is 36.1. The highest BCUT2D eigenvalue weighted by Gasteiger charge is 2.53. The molecule has 3 heterocycles. The molecule has 0 spiro atoms. The van der Waals surface area contributed by atoms with Gasteiger partial charge < -0.3 is 4.57 Å². The van der Waals surface area contributed by atoms with Crippen molar-refractivity contribution in [1.82, 2.24) is 34.5 Å². The average molecular weight is 936 g/mol. The fourth-order valence-corrected chi connectivity index (χ4v) is 10.5. The maximum absolute atomic E-state index is 5.66. The van der Waals surface area contributed by atoms with E-state index in [0.29, 0.717) is 34.9 Å². The maximum Gasteiger partial charge on any atom is 0.163 e. The lowest BCUT2D eigenvalue weighted by Gasteiger charge is -2.33. The van der Waals surface area contributed by atoms with Crippen LogP contribution in [0.5, 0.6) is 0 Å². The van der Waals surface area contributed by atoms with Crippen LogP contribution in [0.3, 0.4) is 0 Å². The van der Waals surface area contributed by atoms with Crippen LogP contribution in [0.1, 0.15) is 34.0 Å². The zero-order chi connectivity index (χ0) is 48.7. The van der Waals surface area contributed by atoms with Crippen molar-refractivity contribution in [3.63, 3.8) is 0 Å². The summed E-state index contributed by atoms with van der Waals surface area (Å²) >= 11 is 0. The fourth-order valence-electron chi connectivity index (χ4n) is 10.5. The number of aromatic nitrogens is 7. The van der Waals surface area contributed by atoms with Gasteiger partial charge in [0.1, 0.15) is 5.41 Å². The third-order valence-corrected chi connectivity index (χ3v) is 13.9. The second-order valence-corrected chi connectivity index (χ2v) is 18.3. The summed E-state index contributed by atoms with van der Waals surface area (Å²) in [4.78, 5) is 33.1. The van der Waals surface area contributed by atoms with Crippen molar-refractivity contribution in [2.24, 2.45) is 0 Å². The maximum atomic E-state index is 5.66. The minimum Gasteiger partial charge on any atom is -0.309 e. The van der Waals surface area contributed by atoms with Crippen LogP contribution in [0, 0.1) is 6.92 Å². The standard InChI is InChI=1S/C66H45N7/c1-44-55-37-21-23-39-58(55)73(54-41-52(45-24-8-2-9-25-45)40-53(42-54)46-26-10-3-11-27-46)59(44)57-43-51-36-20-22-38-56(51)66(57,64-69-60(47-28-12-4-13-29-47)67-61(70-64)48-30-14-5-15-31-48)65-71-62(49-32-16-6-17-33-49)68-63(72-65)50-34-18-7-19-35-50/h2-43H,1H3. The van der Waals surface area contributed by atoms with Gasteiger partial charge in [0.2, 0.25) is 0 Å². The highest BCUT2D eigenvalue weighted by Crippen LogP contribution is 2.56. The number of hydrogen-bond donors (Lipinski definition) is 0. The SMILES string of the molecule is Cc1c(C2=Cc3ccccc3C2(c2nc(-c3ccccc3)nc(-c3ccccc3)n2)c2nc(-c3ccccc3)nc(-c3ccccc3)n2)n(-c2cc(-c3ccccc3)cc(-c3ccccc3)c2)c2ccccc12. The molecule has 7 nitrogen and oxygen atoms in total. The third-order valence-electron chi connectivity index (χ3n) is 13.9. The smallest absolute Gasteiger partial charge is 0.163 e. The molecule has 0 aliphatic heterocycles. The van der Waals surface area contributed by atoms with Crippen molar-refractivity contribution in [3.8, 4) is 73.5 Å². The second-order valence-electron chi connectivity index (χ2n) is 18.3. The van der Waals surface area contributed by atoms with Gasteiger partial charge in [0, 0.05) is 38.9 Å². The zero-order valence-electron chi connectivity index (χ0n) is 39.9. The number of para-hydroxylation sites is 1. The van der Waals surface area contributed by atoms with Crippen molar-refractivity contribution in [2.75, 3.05) is 0 Å². The summed E-state index contributed by atoms with van der Waals surface area (Å²) in [5.74, 6) is 3.11. The molecule has 0 radical (unpaired) electrons. The Kier molecular flexibility index (Phi) is 10.8. The molecule has 3 aromatic heterocycles. The molecular weight excluding hydrogens is 891 g/mol. The van der Waals surface area contributed by atoms with Crippen molar-refractivity contribution in [2.45, 2.75) is 12.3 Å². The normalized spacial score (nSPS) is 12.6. The van der Waals surface area contributed by atoms with Gasteiger partial charge in [-0.25, -0.2) is 29.9 Å². The molecule has 0 unspecified atom stereocenters. The van der Waals surface area contributed by atoms with E-state index in [1.807, 2.05) is 72.8 Å². The molecule has 73 heavy (non-hydrogen) atoms. The summed E-state index contributed by atoms with van der Waals surface area (Å²) in [5, 5.41) is 1.12. The number of fused-ring (bicyclic) bond motifs is 2. The van der Waals surface area contributed by atoms with Gasteiger partial charge in [-0.05, 0) is 76.2 Å². The average Bonchev–Trinajstić information content (AvgIpc) is 3.98. The highest BCUT2D eigenvalue weighted by molar-refractivity contribution is 6.03. The van der Waals surface area contributed by atoms with Crippen molar-refractivity contribution >= 4 is 22.6 Å². The minimum atomic E-state index is -1.36. The van der Waals surface area contributed by atoms with Crippen molar-refractivity contribution in [1.29, 1.82) is 0 Å². The van der Waals surface area contributed by atoms with E-state index in [4.69, 9.17) is 29.9 Å². The monoisotopic (exact) mass is 935 g/mol. The molecule has 0 saturated heterocycles. The number of hydrogen-bond acceptors (Lipinski definition) is 6. The van der Waals surface area contributed by atoms with Gasteiger partial charge >= 0.3 is 0 Å². The number of nitrogens with zero attached hydrogens (tertiary/aromatic N) is 7. The third kappa shape index (κ3) is 7.62. The molecule has 0 bridgehead atoms. The summed E-state index contributed by atoms with van der Waals surface area (Å²) < 4.78 is 2.44. The van der Waals surface area contributed by atoms with Gasteiger partial charge in [0.15, 0.2) is 34.9 Å². The van der Waals surface area contributed by atoms with Crippen LogP contribution in [0.25, 0.3) is 96.0 Å². The van der Waals surface area contributed by atoms with Crippen LogP contribution in [-0.4, -0.2) is 34.5 Å². The lowest BCUT2D eigenvalue weighted by molar-refractivity contribution is 0.666. The molecule has 1 aliphatic rings. The Hall–Kier alpha value is -9.72. The Morgan fingerprint density at radius 3 is 1.15 bits per heavy atom. The molecule has 0 N–H and O–H groups in total. The van der Waals surface area contributed by atoms with Gasteiger partial charge in [-0.1, -0.05) is 224 Å². The number of rotatable bonds is 10. The first-order valence-electron chi connectivity index (χ1n) is 24.5. The largest absolute Gasteiger partial charge is 0.309 e. The Morgan fingerprint density at radius 2 is 0.712 bits per heavy atom. The lowest BCUT2D eigenvalue weighted by Crippen LogP contribution is -2.35. The van der Waals surface area contributed by atoms with E-state index in [2.05, 4.69) is 193 Å². The molecule has 0 saturated carbocycles. The number of aryl methyl sites for hydroxylation is 1. The highest BCUT2D eigenvalue weighted by atomic mass is 15.1. The predicted octanol–water partition coefficient (Wildman–Crippen LogP) is 15.2. The molecule has 9 aromatic carbocycles. The van der Waals surface area contributed by atoms with Crippen LogP contribution in [0.2, 0.25) is 0 Å². The first kappa shape index (κ1) is 43.3. The van der Waals surface area contributed by atoms with E-state index in [9.17, 15) is 0 Å². The summed E-state index contributed by atoms with van der Waals surface area (Å²) in [6.45, 7) is 2.23. The van der Waals surface area contributed by atoms with Crippen LogP contribution in [0.4, 0.5) is 0 Å². The van der Waals surface area contributed by atoms with Crippen molar-refractivity contribution in [3.05, 3.63) is 283 Å². The van der Waals surface area contributed by atoms with E-state index in [-0.39, 0.29) is 0 Å². The second kappa shape index (κ2) is 18.2. The summed E-state index contributed by atoms with van der Waals surface area (Å²) in [6.07, 6.45) is 2.31. The van der Waals surface area contributed by atoms with Crippen LogP contribution >= 0.6 is 0 Å². The Bertz CT molecular complexity index is 3710. The van der Waals surface area contributed by atoms with E-state index >= 15 is 0 Å². The zero-order valence-corrected chi connectivity index (χ0v) is 39.9. The van der Waals surface area contributed by atoms with E-state index in [1.165, 1.54) is 0 Å². The molecule has 1 aliphatic carbocycles. The number of benzene rings is 9. The molecule has 0 atom stereocenters. The number of allylic oxidation sites excluding steroid dienone is 1. The Morgan fingerprint density at radius 1 is 0.342 bits per heavy atom. The fraction of sp³-hybridized carbons (Fsp3) is 0.0303. The summed E-state index contributed by atoms with van der Waals surface area (Å²) in [7, 11) is 0. The lowest BCUT2D eigenvalue weighted by atomic mass is 9.73. The van der Waals surface area contributed by atoms with Gasteiger partial charge in [-0.15, -0.1) is 0 Å². The van der Waals surface area contributed by atoms with E-state index < -0.39 is 5.41 Å². The van der Waals surface area contributed by atoms with Crippen molar-refractivity contribution < 1.29 is 0 Å². The molecule has 7 heteroatoms. The molecule has 344 valence electrons. The van der Waals surface area contributed by atoms with Crippen LogP contribution < -0.4 is 0 Å². The van der Waals surface area contributed by atoms with Crippen LogP contribution in [-0.2, 0) is 5.41 Å². The van der Waals surface area contributed by atoms with Gasteiger partial charge in [0.25, 0.3) is 0 Å². The Labute approximate surface area is 423 Å². The summed E-state index contributed by atoms with van der Waals surface area (Å²) in [5.41, 5.74) is 13.5.